The molecule has 9 heteroatoms. The predicted octanol–water partition coefficient (Wildman–Crippen LogP) is 2.06. The van der Waals surface area contributed by atoms with Crippen molar-refractivity contribution >= 4 is 42.6 Å². The van der Waals surface area contributed by atoms with E-state index < -0.39 is 10.0 Å². The zero-order valence-electron chi connectivity index (χ0n) is 13.6. The van der Waals surface area contributed by atoms with E-state index in [-0.39, 0.29) is 16.7 Å². The Morgan fingerprint density at radius 2 is 2.12 bits per heavy atom. The lowest BCUT2D eigenvalue weighted by Gasteiger charge is -2.15. The quantitative estimate of drug-likeness (QED) is 0.876. The summed E-state index contributed by atoms with van der Waals surface area (Å²) in [6.45, 7) is 2.20. The van der Waals surface area contributed by atoms with Crippen LogP contribution in [0, 0.1) is 5.92 Å². The summed E-state index contributed by atoms with van der Waals surface area (Å²) < 4.78 is 32.8. The van der Waals surface area contributed by atoms with Crippen molar-refractivity contribution in [1.29, 1.82) is 0 Å². The highest BCUT2D eigenvalue weighted by atomic mass is 32.2. The van der Waals surface area contributed by atoms with Gasteiger partial charge < -0.3 is 10.1 Å². The van der Waals surface area contributed by atoms with E-state index in [4.69, 9.17) is 4.74 Å². The summed E-state index contributed by atoms with van der Waals surface area (Å²) in [5, 5.41) is 3.30. The number of benzene rings is 1. The number of fused-ring (bicyclic) bond motifs is 1. The van der Waals surface area contributed by atoms with E-state index in [1.54, 1.807) is 18.2 Å². The van der Waals surface area contributed by atoms with E-state index in [0.29, 0.717) is 37.0 Å². The highest BCUT2D eigenvalue weighted by molar-refractivity contribution is 7.89. The van der Waals surface area contributed by atoms with E-state index >= 15 is 0 Å². The molecule has 1 aromatic heterocycles. The number of nitrogens with zero attached hydrogens (tertiary/aromatic N) is 2. The van der Waals surface area contributed by atoms with Gasteiger partial charge in [0, 0.05) is 19.7 Å². The van der Waals surface area contributed by atoms with Gasteiger partial charge in [-0.2, -0.15) is 4.31 Å². The molecule has 0 bridgehead atoms. The van der Waals surface area contributed by atoms with Crippen molar-refractivity contribution in [3.63, 3.8) is 0 Å². The fourth-order valence-electron chi connectivity index (χ4n) is 3.15. The number of thiazole rings is 1. The summed E-state index contributed by atoms with van der Waals surface area (Å²) in [5.74, 6) is -0.236. The van der Waals surface area contributed by atoms with E-state index in [0.717, 1.165) is 24.0 Å². The van der Waals surface area contributed by atoms with Gasteiger partial charge >= 0.3 is 0 Å². The molecule has 1 unspecified atom stereocenters. The van der Waals surface area contributed by atoms with Crippen LogP contribution >= 0.6 is 11.3 Å². The maximum absolute atomic E-state index is 12.7. The molecule has 1 amide bonds. The summed E-state index contributed by atoms with van der Waals surface area (Å²) >= 11 is 1.29. The number of carbonyl (C=O) groups is 1. The molecule has 7 nitrogen and oxygen atoms in total. The molecule has 2 aromatic rings. The monoisotopic (exact) mass is 381 g/mol. The number of anilines is 1. The third kappa shape index (κ3) is 3.29. The average Bonchev–Trinajstić information content (AvgIpc) is 3.33. The van der Waals surface area contributed by atoms with Crippen molar-refractivity contribution in [3.05, 3.63) is 18.2 Å². The van der Waals surface area contributed by atoms with Crippen LogP contribution < -0.4 is 5.32 Å². The Morgan fingerprint density at radius 1 is 1.32 bits per heavy atom. The van der Waals surface area contributed by atoms with Crippen molar-refractivity contribution in [2.75, 3.05) is 31.6 Å². The molecule has 0 radical (unpaired) electrons. The lowest BCUT2D eigenvalue weighted by molar-refractivity contribution is -0.119. The number of ether oxygens (including phenoxy) is 1. The molecule has 0 spiro atoms. The largest absolute Gasteiger partial charge is 0.381 e. The lowest BCUT2D eigenvalue weighted by atomic mass is 10.1. The Labute approximate surface area is 150 Å². The van der Waals surface area contributed by atoms with Crippen molar-refractivity contribution in [3.8, 4) is 0 Å². The number of carbonyl (C=O) groups excluding carboxylic acids is 1. The number of sulfonamides is 1. The van der Waals surface area contributed by atoms with Gasteiger partial charge in [-0.3, -0.25) is 4.79 Å². The Morgan fingerprint density at radius 3 is 2.84 bits per heavy atom. The van der Waals surface area contributed by atoms with Crippen LogP contribution in [-0.4, -0.2) is 49.9 Å². The van der Waals surface area contributed by atoms with Crippen LogP contribution in [0.3, 0.4) is 0 Å². The standard InChI is InChI=1S/C16H19N3O4S2/c20-15(11-5-8-23-10-11)18-16-17-13-4-3-12(9-14(13)24-16)25(21,22)19-6-1-2-7-19/h3-4,9,11H,1-2,5-8,10H2,(H,17,18,20). The molecule has 2 aliphatic rings. The van der Waals surface area contributed by atoms with E-state index in [9.17, 15) is 13.2 Å². The smallest absolute Gasteiger partial charge is 0.243 e. The molecule has 4 rings (SSSR count). The molecule has 1 N–H and O–H groups in total. The minimum atomic E-state index is -3.45. The number of hydrogen-bond donors (Lipinski definition) is 1. The molecule has 2 fully saturated rings. The zero-order valence-corrected chi connectivity index (χ0v) is 15.2. The molecule has 3 heterocycles. The van der Waals surface area contributed by atoms with E-state index in [1.807, 2.05) is 0 Å². The van der Waals surface area contributed by atoms with Gasteiger partial charge in [0.2, 0.25) is 15.9 Å². The van der Waals surface area contributed by atoms with Gasteiger partial charge in [0.25, 0.3) is 0 Å². The first-order valence-electron chi connectivity index (χ1n) is 8.33. The third-order valence-corrected chi connectivity index (χ3v) is 7.42. The molecule has 2 aliphatic heterocycles. The minimum Gasteiger partial charge on any atom is -0.381 e. The highest BCUT2D eigenvalue weighted by Crippen LogP contribution is 2.30. The topological polar surface area (TPSA) is 88.6 Å². The molecule has 25 heavy (non-hydrogen) atoms. The van der Waals surface area contributed by atoms with Crippen LogP contribution in [0.5, 0.6) is 0 Å². The van der Waals surface area contributed by atoms with Crippen LogP contribution in [0.2, 0.25) is 0 Å². The number of nitrogens with one attached hydrogen (secondary N) is 1. The molecule has 1 atom stereocenters. The van der Waals surface area contributed by atoms with Crippen LogP contribution in [0.4, 0.5) is 5.13 Å². The van der Waals surface area contributed by atoms with Crippen molar-refractivity contribution < 1.29 is 17.9 Å². The van der Waals surface area contributed by atoms with Gasteiger partial charge in [-0.15, -0.1) is 0 Å². The second-order valence-corrected chi connectivity index (χ2v) is 9.28. The Balaban J connectivity index is 1.58. The van der Waals surface area contributed by atoms with Gasteiger partial charge in [-0.25, -0.2) is 13.4 Å². The third-order valence-electron chi connectivity index (χ3n) is 4.59. The summed E-state index contributed by atoms with van der Waals surface area (Å²) in [7, 11) is -3.45. The van der Waals surface area contributed by atoms with Crippen molar-refractivity contribution in [2.45, 2.75) is 24.2 Å². The molecular weight excluding hydrogens is 362 g/mol. The predicted molar refractivity (Wildman–Crippen MR) is 95.2 cm³/mol. The van der Waals surface area contributed by atoms with E-state index in [2.05, 4.69) is 10.3 Å². The fraction of sp³-hybridized carbons (Fsp3) is 0.500. The van der Waals surface area contributed by atoms with Crippen molar-refractivity contribution in [2.24, 2.45) is 5.92 Å². The summed E-state index contributed by atoms with van der Waals surface area (Å²) in [4.78, 5) is 16.8. The van der Waals surface area contributed by atoms with Gasteiger partial charge in [-0.05, 0) is 37.5 Å². The molecule has 1 aromatic carbocycles. The fourth-order valence-corrected chi connectivity index (χ4v) is 5.67. The van der Waals surface area contributed by atoms with Gasteiger partial charge in [0.15, 0.2) is 5.13 Å². The first-order chi connectivity index (χ1) is 12.0. The first kappa shape index (κ1) is 16.9. The minimum absolute atomic E-state index is 0.0959. The first-order valence-corrected chi connectivity index (χ1v) is 10.6. The second kappa shape index (κ2) is 6.64. The summed E-state index contributed by atoms with van der Waals surface area (Å²) in [6, 6.07) is 4.93. The molecule has 0 aliphatic carbocycles. The van der Waals surface area contributed by atoms with Crippen LogP contribution in [0.25, 0.3) is 10.2 Å². The van der Waals surface area contributed by atoms with Crippen LogP contribution in [0.1, 0.15) is 19.3 Å². The van der Waals surface area contributed by atoms with Crippen molar-refractivity contribution in [1.82, 2.24) is 9.29 Å². The molecule has 0 saturated carbocycles. The second-order valence-electron chi connectivity index (χ2n) is 6.31. The maximum atomic E-state index is 12.7. The van der Waals surface area contributed by atoms with Crippen LogP contribution in [-0.2, 0) is 19.6 Å². The Kier molecular flexibility index (Phi) is 4.48. The van der Waals surface area contributed by atoms with Gasteiger partial charge in [-0.1, -0.05) is 11.3 Å². The highest BCUT2D eigenvalue weighted by Gasteiger charge is 2.28. The number of rotatable bonds is 4. The summed E-state index contributed by atoms with van der Waals surface area (Å²) in [5.41, 5.74) is 0.684. The Hall–Kier alpha value is -1.55. The molecule has 2 saturated heterocycles. The molecule has 134 valence electrons. The number of amides is 1. The SMILES string of the molecule is O=C(Nc1nc2ccc(S(=O)(=O)N3CCCC3)cc2s1)C1CCOC1. The number of hydrogen-bond acceptors (Lipinski definition) is 6. The number of aromatic nitrogens is 1. The normalized spacial score (nSPS) is 21.8. The lowest BCUT2D eigenvalue weighted by Crippen LogP contribution is -2.27. The summed E-state index contributed by atoms with van der Waals surface area (Å²) in [6.07, 6.45) is 2.53. The van der Waals surface area contributed by atoms with Gasteiger partial charge in [0.05, 0.1) is 27.6 Å². The van der Waals surface area contributed by atoms with E-state index in [1.165, 1.54) is 15.6 Å². The van der Waals surface area contributed by atoms with Crippen LogP contribution in [0.15, 0.2) is 23.1 Å². The maximum Gasteiger partial charge on any atom is 0.243 e. The zero-order chi connectivity index (χ0) is 17.4. The average molecular weight is 381 g/mol. The van der Waals surface area contributed by atoms with Gasteiger partial charge in [0.1, 0.15) is 0 Å². The molecular formula is C16H19N3O4S2. The Bertz CT molecular complexity index is 897.